The molecule has 738 valence electrons. The van der Waals surface area contributed by atoms with Gasteiger partial charge in [0.1, 0.15) is 141 Å². The number of ether oxygens (including phenoxy) is 10. The molecule has 0 amide bonds. The van der Waals surface area contributed by atoms with E-state index >= 15 is 0 Å². The van der Waals surface area contributed by atoms with Gasteiger partial charge in [-0.25, -0.2) is 35.1 Å². The number of methoxy groups -OCH3 is 3. The molecule has 0 radical (unpaired) electrons. The van der Waals surface area contributed by atoms with Crippen LogP contribution in [0.5, 0.6) is 57.5 Å². The number of aryl methyl sites for hydroxylation is 7. The van der Waals surface area contributed by atoms with Crippen molar-refractivity contribution in [2.45, 2.75) is 139 Å². The highest BCUT2D eigenvalue weighted by molar-refractivity contribution is 6.34. The van der Waals surface area contributed by atoms with E-state index < -0.39 is 70.5 Å². The first-order valence-corrected chi connectivity index (χ1v) is 45.1. The predicted octanol–water partition coefficient (Wildman–Crippen LogP) is 24.4. The molecule has 16 nitrogen and oxygen atoms in total. The third kappa shape index (κ3) is 25.5. The van der Waals surface area contributed by atoms with E-state index in [9.17, 15) is 74.6 Å². The summed E-state index contributed by atoms with van der Waals surface area (Å²) in [6, 6.07) is 40.6. The highest BCUT2D eigenvalue weighted by Gasteiger charge is 2.39. The summed E-state index contributed by atoms with van der Waals surface area (Å²) in [4.78, 5) is 0. The van der Waals surface area contributed by atoms with Gasteiger partial charge in [-0.15, -0.1) is 13.2 Å². The summed E-state index contributed by atoms with van der Waals surface area (Å²) in [5.74, 6) is -0.521. The van der Waals surface area contributed by atoms with Crippen molar-refractivity contribution in [2.75, 3.05) is 60.6 Å². The standard InChI is InChI=1S/C18H17F4NO2.C18H20FNO2.C17H14ClF4NO.C17H17ClFNO2.C17H14F5NO2.C16H14ClF2NO/c1-24-12-4-5-14(16(8-12)18(20,21)22)15-7-11(19)6-10-2-3-13(9-23)25-17(10)15;1-11-7-14(21-2)5-6-16(11)17-9-13(19)8-12-3-4-15(10-20)22-18(12)17;18-15-6-10(17(20,21)22)2-4-13(15)14-7-11(19)5-9-1-3-12(8-23)24-16(9)14;1-21-12-4-5-14(16(18)8-12)15-7-11(19)6-10-2-3-13(9-20)22-17(10)15;18-10-2-4-13(15(7-10)25-17(20,21)22)14-6-11(19)5-9-1-3-12(8-23)24-16(9)14;17-13-2-1-3-14(19)15(13)12-7-10(18)6-9-4-5-11(8-20)21-16(9)12/h4-8,13H,2-3,9,23H2,1H3;5-9,15H,3-4,10,20H2,1-2H3;2,4-7,12H,1,3,8,23H2;4-8,13H,2-3,9,20H2,1H3;2,4-7,12H,1,3,8,23H2;1-3,6-7,11H,4-5,8,20H2/t13-;15-;12-;13-;12-;11-/m111111/s1. The molecule has 6 aliphatic heterocycles. The van der Waals surface area contributed by atoms with E-state index in [0.717, 1.165) is 119 Å². The van der Waals surface area contributed by atoms with Crippen LogP contribution in [0.4, 0.5) is 74.6 Å². The third-order valence-corrected chi connectivity index (χ3v) is 24.7. The lowest BCUT2D eigenvalue weighted by Crippen LogP contribution is -2.30. The van der Waals surface area contributed by atoms with Crippen molar-refractivity contribution in [1.82, 2.24) is 0 Å². The van der Waals surface area contributed by atoms with Crippen molar-refractivity contribution < 1.29 is 122 Å². The third-order valence-electron chi connectivity index (χ3n) is 23.8. The molecule has 36 heteroatoms. The van der Waals surface area contributed by atoms with Crippen molar-refractivity contribution in [3.05, 3.63) is 294 Å². The van der Waals surface area contributed by atoms with Gasteiger partial charge in [-0.05, 0) is 292 Å². The normalized spacial score (nSPS) is 17.0. The smallest absolute Gasteiger partial charge is 0.497 e. The van der Waals surface area contributed by atoms with E-state index in [-0.39, 0.29) is 122 Å². The van der Waals surface area contributed by atoms with Gasteiger partial charge in [0.15, 0.2) is 0 Å². The summed E-state index contributed by atoms with van der Waals surface area (Å²) in [7, 11) is 4.49. The summed E-state index contributed by atoms with van der Waals surface area (Å²) in [5, 5.41) is 0.600. The first-order valence-electron chi connectivity index (χ1n) is 44.0. The average Bonchev–Trinajstić information content (AvgIpc) is 0.775. The molecule has 0 saturated carbocycles. The number of alkyl halides is 9. The lowest BCUT2D eigenvalue weighted by atomic mass is 9.92. The molecule has 0 aliphatic carbocycles. The van der Waals surface area contributed by atoms with Crippen LogP contribution in [0.2, 0.25) is 15.1 Å². The van der Waals surface area contributed by atoms with Crippen LogP contribution in [0.25, 0.3) is 66.8 Å². The summed E-state index contributed by atoms with van der Waals surface area (Å²) < 4.78 is 282. The zero-order valence-electron chi connectivity index (χ0n) is 75.1. The Balaban J connectivity index is 0.000000141. The largest absolute Gasteiger partial charge is 0.573 e. The van der Waals surface area contributed by atoms with Crippen molar-refractivity contribution in [1.29, 1.82) is 0 Å². The molecular formula is C103H96Cl3F17N6O10. The van der Waals surface area contributed by atoms with E-state index in [1.165, 1.54) is 92.0 Å². The molecule has 0 aromatic heterocycles. The lowest BCUT2D eigenvalue weighted by Gasteiger charge is -2.28. The Hall–Kier alpha value is -11.9. The van der Waals surface area contributed by atoms with Crippen LogP contribution in [0.15, 0.2) is 182 Å². The van der Waals surface area contributed by atoms with Gasteiger partial charge in [0, 0.05) is 106 Å². The Kier molecular flexibility index (Phi) is 34.2. The number of rotatable bonds is 16. The maximum absolute atomic E-state index is 14.1. The molecule has 12 N–H and O–H groups in total. The molecule has 139 heavy (non-hydrogen) atoms. The molecular weight excluding hydrogens is 1910 g/mol. The van der Waals surface area contributed by atoms with Crippen molar-refractivity contribution in [3.8, 4) is 124 Å². The molecule has 0 unspecified atom stereocenters. The van der Waals surface area contributed by atoms with E-state index in [0.29, 0.717) is 144 Å². The Morgan fingerprint density at radius 1 is 0.302 bits per heavy atom. The van der Waals surface area contributed by atoms with E-state index in [2.05, 4.69) is 4.74 Å². The second-order valence-electron chi connectivity index (χ2n) is 33.1. The zero-order valence-corrected chi connectivity index (χ0v) is 77.4. The Morgan fingerprint density at radius 3 is 0.942 bits per heavy atom. The quantitative estimate of drug-likeness (QED) is 0.0492. The van der Waals surface area contributed by atoms with Crippen LogP contribution in [-0.4, -0.2) is 104 Å². The minimum Gasteiger partial charge on any atom is -0.497 e. The minimum absolute atomic E-state index is 0.00438. The zero-order chi connectivity index (χ0) is 100. The highest BCUT2D eigenvalue weighted by atomic mass is 35.5. The first-order chi connectivity index (χ1) is 66.2. The van der Waals surface area contributed by atoms with Gasteiger partial charge in [0.25, 0.3) is 0 Å². The SMILES string of the molecule is COc1ccc(-c2cc(F)cc3c2O[C@@H](CN)CC3)c(C(F)(F)F)c1.COc1ccc(-c2cc(F)cc3c2O[C@@H](CN)CC3)c(C)c1.COc1ccc(-c2cc(F)cc3c2O[C@@H](CN)CC3)c(Cl)c1.NC[C@H]1CCc2cc(F)cc(-c3c(F)cccc3Cl)c2O1.NC[C@H]1CCc2cc(F)cc(-c3ccc(C(F)(F)F)cc3Cl)c2O1.NC[C@H]1CCc2cc(F)cc(-c3ccc(F)cc3OC(F)(F)F)c2O1. The fourth-order valence-corrected chi connectivity index (χ4v) is 17.7. The van der Waals surface area contributed by atoms with Crippen molar-refractivity contribution in [3.63, 3.8) is 0 Å². The van der Waals surface area contributed by atoms with E-state index in [4.69, 9.17) is 112 Å². The molecule has 0 bridgehead atoms. The van der Waals surface area contributed by atoms with Gasteiger partial charge in [0.2, 0.25) is 0 Å². The maximum Gasteiger partial charge on any atom is 0.573 e. The minimum atomic E-state index is -5.02. The van der Waals surface area contributed by atoms with E-state index in [1.807, 2.05) is 31.2 Å². The average molecular weight is 2010 g/mol. The van der Waals surface area contributed by atoms with Gasteiger partial charge in [0.05, 0.1) is 42.5 Å². The van der Waals surface area contributed by atoms with Crippen LogP contribution >= 0.6 is 34.8 Å². The Bertz CT molecular complexity index is 6280. The number of halogens is 20. The molecule has 12 aromatic rings. The number of benzene rings is 12. The van der Waals surface area contributed by atoms with Crippen LogP contribution < -0.4 is 81.8 Å². The fourth-order valence-electron chi connectivity index (χ4n) is 16.9. The number of hydrogen-bond acceptors (Lipinski definition) is 16. The van der Waals surface area contributed by atoms with Gasteiger partial charge in [-0.2, -0.15) is 26.3 Å². The van der Waals surface area contributed by atoms with Crippen LogP contribution in [0.1, 0.15) is 88.6 Å². The predicted molar refractivity (Wildman–Crippen MR) is 498 cm³/mol. The number of nitrogens with two attached hydrogens (primary N) is 6. The molecule has 0 spiro atoms. The topological polar surface area (TPSA) is 248 Å². The molecule has 6 atom stereocenters. The number of hydrogen-bond donors (Lipinski definition) is 6. The van der Waals surface area contributed by atoms with Crippen molar-refractivity contribution in [2.24, 2.45) is 34.4 Å². The van der Waals surface area contributed by atoms with Gasteiger partial charge >= 0.3 is 18.7 Å². The van der Waals surface area contributed by atoms with Crippen LogP contribution in [0.3, 0.4) is 0 Å². The second-order valence-corrected chi connectivity index (χ2v) is 34.4. The second kappa shape index (κ2) is 45.6. The van der Waals surface area contributed by atoms with Crippen LogP contribution in [0, 0.1) is 53.5 Å². The van der Waals surface area contributed by atoms with Gasteiger partial charge in [-0.3, -0.25) is 0 Å². The molecule has 0 saturated heterocycles. The highest BCUT2D eigenvalue weighted by Crippen LogP contribution is 2.51. The Morgan fingerprint density at radius 2 is 0.612 bits per heavy atom. The summed E-state index contributed by atoms with van der Waals surface area (Å²) >= 11 is 18.4. The Labute approximate surface area is 804 Å². The first kappa shape index (κ1) is 104. The van der Waals surface area contributed by atoms with Gasteiger partial charge in [-0.1, -0.05) is 53.0 Å². The monoisotopic (exact) mass is 2000 g/mol. The number of fused-ring (bicyclic) bond motifs is 6. The molecule has 0 fully saturated rings. The van der Waals surface area contributed by atoms with E-state index in [1.54, 1.807) is 38.5 Å². The van der Waals surface area contributed by atoms with Gasteiger partial charge < -0.3 is 81.8 Å². The molecule has 18 rings (SSSR count). The van der Waals surface area contributed by atoms with Crippen molar-refractivity contribution >= 4 is 34.8 Å². The fraction of sp³-hybridized carbons (Fsp3) is 0.301. The lowest BCUT2D eigenvalue weighted by molar-refractivity contribution is -0.274. The summed E-state index contributed by atoms with van der Waals surface area (Å²) in [6.45, 7) is 4.01. The van der Waals surface area contributed by atoms with Crippen LogP contribution in [-0.2, 0) is 50.9 Å². The molecule has 6 aliphatic rings. The summed E-state index contributed by atoms with van der Waals surface area (Å²) in [5.41, 5.74) is 41.5. The summed E-state index contributed by atoms with van der Waals surface area (Å²) in [6.07, 6.45) is -7.27. The maximum atomic E-state index is 14.1. The molecule has 6 heterocycles. The molecule has 12 aromatic carbocycles.